The molecular weight excluding hydrogens is 284 g/mol. The fraction of sp³-hybridized carbons (Fsp3) is 0.125. The van der Waals surface area contributed by atoms with E-state index in [4.69, 9.17) is 4.84 Å². The van der Waals surface area contributed by atoms with Gasteiger partial charge >= 0.3 is 12.0 Å². The van der Waals surface area contributed by atoms with Crippen LogP contribution in [0.1, 0.15) is 15.9 Å². The number of esters is 1. The van der Waals surface area contributed by atoms with Gasteiger partial charge in [0.1, 0.15) is 0 Å². The van der Waals surface area contributed by atoms with Gasteiger partial charge < -0.3 is 10.1 Å². The SMILES string of the molecule is COC(=O)c1ccc(NC(=O)NOCc2ccccc2)cc1. The highest BCUT2D eigenvalue weighted by atomic mass is 16.7. The maximum atomic E-state index is 11.6. The standard InChI is InChI=1S/C16H16N2O4/c1-21-15(19)13-7-9-14(10-8-13)17-16(20)18-22-11-12-5-3-2-4-6-12/h2-10H,11H2,1H3,(H2,17,18,20). The number of urea groups is 1. The summed E-state index contributed by atoms with van der Waals surface area (Å²) in [4.78, 5) is 28.0. The van der Waals surface area contributed by atoms with Gasteiger partial charge in [-0.3, -0.25) is 4.84 Å². The van der Waals surface area contributed by atoms with Gasteiger partial charge in [-0.2, -0.15) is 0 Å². The summed E-state index contributed by atoms with van der Waals surface area (Å²) in [6, 6.07) is 15.3. The zero-order valence-corrected chi connectivity index (χ0v) is 12.0. The maximum Gasteiger partial charge on any atom is 0.343 e. The highest BCUT2D eigenvalue weighted by Crippen LogP contribution is 2.10. The van der Waals surface area contributed by atoms with Crippen LogP contribution in [0.3, 0.4) is 0 Å². The fourth-order valence-corrected chi connectivity index (χ4v) is 1.72. The molecule has 2 rings (SSSR count). The number of amides is 2. The molecule has 0 saturated carbocycles. The highest BCUT2D eigenvalue weighted by molar-refractivity contribution is 5.91. The number of hydrogen-bond donors (Lipinski definition) is 2. The summed E-state index contributed by atoms with van der Waals surface area (Å²) in [5.74, 6) is -0.429. The van der Waals surface area contributed by atoms with E-state index in [1.54, 1.807) is 24.3 Å². The van der Waals surface area contributed by atoms with Gasteiger partial charge in [0, 0.05) is 5.69 Å². The molecule has 0 aliphatic rings. The molecule has 0 saturated heterocycles. The third-order valence-corrected chi connectivity index (χ3v) is 2.81. The smallest absolute Gasteiger partial charge is 0.343 e. The van der Waals surface area contributed by atoms with Gasteiger partial charge in [0.25, 0.3) is 0 Å². The molecule has 2 aromatic rings. The summed E-state index contributed by atoms with van der Waals surface area (Å²) < 4.78 is 4.59. The second-order valence-electron chi connectivity index (χ2n) is 4.40. The molecule has 0 atom stereocenters. The summed E-state index contributed by atoms with van der Waals surface area (Å²) >= 11 is 0. The largest absolute Gasteiger partial charge is 0.465 e. The van der Waals surface area contributed by atoms with Crippen LogP contribution in [-0.2, 0) is 16.2 Å². The number of hydroxylamine groups is 1. The van der Waals surface area contributed by atoms with E-state index >= 15 is 0 Å². The summed E-state index contributed by atoms with van der Waals surface area (Å²) in [5.41, 5.74) is 4.18. The van der Waals surface area contributed by atoms with Crippen LogP contribution in [0.25, 0.3) is 0 Å². The lowest BCUT2D eigenvalue weighted by Crippen LogP contribution is -2.28. The molecule has 0 bridgehead atoms. The Bertz CT molecular complexity index is 626. The van der Waals surface area contributed by atoms with E-state index in [0.717, 1.165) is 5.56 Å². The topological polar surface area (TPSA) is 76.7 Å². The second-order valence-corrected chi connectivity index (χ2v) is 4.40. The third-order valence-electron chi connectivity index (χ3n) is 2.81. The lowest BCUT2D eigenvalue weighted by Gasteiger charge is -2.08. The Hall–Kier alpha value is -2.86. The van der Waals surface area contributed by atoms with E-state index in [0.29, 0.717) is 11.3 Å². The van der Waals surface area contributed by atoms with Crippen molar-refractivity contribution >= 4 is 17.7 Å². The molecular formula is C16H16N2O4. The van der Waals surface area contributed by atoms with Crippen LogP contribution in [0.15, 0.2) is 54.6 Å². The van der Waals surface area contributed by atoms with E-state index in [-0.39, 0.29) is 6.61 Å². The summed E-state index contributed by atoms with van der Waals surface area (Å²) in [7, 11) is 1.31. The van der Waals surface area contributed by atoms with Crippen molar-refractivity contribution in [3.8, 4) is 0 Å². The molecule has 6 nitrogen and oxygen atoms in total. The third kappa shape index (κ3) is 4.60. The Morgan fingerprint density at radius 1 is 1.00 bits per heavy atom. The molecule has 0 fully saturated rings. The van der Waals surface area contributed by atoms with E-state index in [9.17, 15) is 9.59 Å². The second kappa shape index (κ2) is 7.80. The van der Waals surface area contributed by atoms with E-state index in [2.05, 4.69) is 15.5 Å². The molecule has 22 heavy (non-hydrogen) atoms. The first-order valence-corrected chi connectivity index (χ1v) is 6.60. The van der Waals surface area contributed by atoms with Gasteiger partial charge in [-0.25, -0.2) is 15.1 Å². The van der Waals surface area contributed by atoms with Gasteiger partial charge in [-0.05, 0) is 29.8 Å². The van der Waals surface area contributed by atoms with Gasteiger partial charge in [-0.1, -0.05) is 30.3 Å². The highest BCUT2D eigenvalue weighted by Gasteiger charge is 2.06. The number of anilines is 1. The predicted molar refractivity (Wildman–Crippen MR) is 81.2 cm³/mol. The Morgan fingerprint density at radius 3 is 2.32 bits per heavy atom. The van der Waals surface area contributed by atoms with Gasteiger partial charge in [-0.15, -0.1) is 0 Å². The number of hydrogen-bond acceptors (Lipinski definition) is 4. The van der Waals surface area contributed by atoms with Crippen LogP contribution in [0.5, 0.6) is 0 Å². The molecule has 2 amide bonds. The van der Waals surface area contributed by atoms with E-state index in [1.165, 1.54) is 7.11 Å². The van der Waals surface area contributed by atoms with E-state index < -0.39 is 12.0 Å². The molecule has 0 spiro atoms. The maximum absolute atomic E-state index is 11.6. The summed E-state index contributed by atoms with van der Waals surface area (Å²) in [5, 5.41) is 2.59. The van der Waals surface area contributed by atoms with Crippen molar-refractivity contribution in [3.05, 3.63) is 65.7 Å². The molecule has 114 valence electrons. The van der Waals surface area contributed by atoms with Crippen molar-refractivity contribution in [2.24, 2.45) is 0 Å². The molecule has 0 aromatic heterocycles. The lowest BCUT2D eigenvalue weighted by molar-refractivity contribution is 0.0536. The normalized spacial score (nSPS) is 9.86. The van der Waals surface area contributed by atoms with Gasteiger partial charge in [0.15, 0.2) is 0 Å². The Labute approximate surface area is 128 Å². The minimum Gasteiger partial charge on any atom is -0.465 e. The number of carbonyl (C=O) groups is 2. The van der Waals surface area contributed by atoms with Crippen LogP contribution in [0, 0.1) is 0 Å². The lowest BCUT2D eigenvalue weighted by atomic mass is 10.2. The van der Waals surface area contributed by atoms with Crippen LogP contribution < -0.4 is 10.8 Å². The molecule has 0 unspecified atom stereocenters. The predicted octanol–water partition coefficient (Wildman–Crippen LogP) is 2.73. The summed E-state index contributed by atoms with van der Waals surface area (Å²) in [6.07, 6.45) is 0. The minimum atomic E-state index is -0.498. The molecule has 0 radical (unpaired) electrons. The molecule has 2 aromatic carbocycles. The first kappa shape index (κ1) is 15.5. The average molecular weight is 300 g/mol. The number of nitrogens with one attached hydrogen (secondary N) is 2. The van der Waals surface area contributed by atoms with Crippen molar-refractivity contribution in [2.45, 2.75) is 6.61 Å². The average Bonchev–Trinajstić information content (AvgIpc) is 2.56. The molecule has 0 aliphatic heterocycles. The van der Waals surface area contributed by atoms with Crippen molar-refractivity contribution < 1.29 is 19.2 Å². The number of ether oxygens (including phenoxy) is 1. The Kier molecular flexibility index (Phi) is 5.50. The fourth-order valence-electron chi connectivity index (χ4n) is 1.72. The van der Waals surface area contributed by atoms with E-state index in [1.807, 2.05) is 30.3 Å². The van der Waals surface area contributed by atoms with Crippen LogP contribution in [-0.4, -0.2) is 19.1 Å². The Morgan fingerprint density at radius 2 is 1.68 bits per heavy atom. The quantitative estimate of drug-likeness (QED) is 0.657. The van der Waals surface area contributed by atoms with Gasteiger partial charge in [0.2, 0.25) is 0 Å². The number of benzene rings is 2. The van der Waals surface area contributed by atoms with Crippen molar-refractivity contribution in [2.75, 3.05) is 12.4 Å². The van der Waals surface area contributed by atoms with Crippen LogP contribution >= 0.6 is 0 Å². The van der Waals surface area contributed by atoms with Crippen molar-refractivity contribution in [1.82, 2.24) is 5.48 Å². The zero-order chi connectivity index (χ0) is 15.8. The van der Waals surface area contributed by atoms with Crippen LogP contribution in [0.2, 0.25) is 0 Å². The summed E-state index contributed by atoms with van der Waals surface area (Å²) in [6.45, 7) is 0.273. The van der Waals surface area contributed by atoms with Crippen molar-refractivity contribution in [1.29, 1.82) is 0 Å². The number of carbonyl (C=O) groups excluding carboxylic acids is 2. The van der Waals surface area contributed by atoms with Crippen LogP contribution in [0.4, 0.5) is 10.5 Å². The van der Waals surface area contributed by atoms with Gasteiger partial charge in [0.05, 0.1) is 19.3 Å². The van der Waals surface area contributed by atoms with Crippen molar-refractivity contribution in [3.63, 3.8) is 0 Å². The number of rotatable bonds is 5. The molecule has 2 N–H and O–H groups in total. The monoisotopic (exact) mass is 300 g/mol. The number of methoxy groups -OCH3 is 1. The zero-order valence-electron chi connectivity index (χ0n) is 12.0. The molecule has 0 aliphatic carbocycles. The molecule has 0 heterocycles. The first-order valence-electron chi connectivity index (χ1n) is 6.60. The minimum absolute atomic E-state index is 0.273. The first-order chi connectivity index (χ1) is 10.7. The molecule has 6 heteroatoms. The Balaban J connectivity index is 1.78.